The largest absolute Gasteiger partial charge is 0.480 e. The van der Waals surface area contributed by atoms with Crippen molar-refractivity contribution in [2.75, 3.05) is 33.2 Å². The molecule has 2 aromatic carbocycles. The summed E-state index contributed by atoms with van der Waals surface area (Å²) in [4.78, 5) is 41.6. The van der Waals surface area contributed by atoms with Crippen molar-refractivity contribution in [1.29, 1.82) is 0 Å². The Bertz CT molecular complexity index is 1170. The molecule has 2 heterocycles. The number of carbonyl (C=O) groups excluding carboxylic acids is 2. The zero-order chi connectivity index (χ0) is 26.5. The number of nitrogens with zero attached hydrogens (tertiary/aromatic N) is 2. The van der Waals surface area contributed by atoms with E-state index >= 15 is 0 Å². The molecule has 9 heteroatoms. The third-order valence-corrected chi connectivity index (χ3v) is 7.78. The molecule has 1 saturated heterocycles. The van der Waals surface area contributed by atoms with E-state index in [0.717, 1.165) is 43.5 Å². The standard InChI is InChI=1S/C28H31Cl2N3O4/c1-32-13-9-21(10-14-32)27(35)33-15-11-20(12-16-33)19-7-5-18(6-8-19)17-24(28(36)37)31-26(34)25-22(29)3-2-4-23(25)30/h2-8,11,21,24H,9-10,12-17H2,1H3,(H,31,34)(H,36,37)/t24-/m0/s1. The summed E-state index contributed by atoms with van der Waals surface area (Å²) in [5.74, 6) is -1.39. The molecule has 0 radical (unpaired) electrons. The van der Waals surface area contributed by atoms with Crippen LogP contribution in [0.5, 0.6) is 0 Å². The molecule has 0 saturated carbocycles. The average Bonchev–Trinajstić information content (AvgIpc) is 2.89. The summed E-state index contributed by atoms with van der Waals surface area (Å²) in [6.45, 7) is 3.26. The highest BCUT2D eigenvalue weighted by molar-refractivity contribution is 6.39. The van der Waals surface area contributed by atoms with Crippen LogP contribution >= 0.6 is 23.2 Å². The molecule has 2 aliphatic heterocycles. The molecule has 0 aromatic heterocycles. The Morgan fingerprint density at radius 3 is 2.24 bits per heavy atom. The summed E-state index contributed by atoms with van der Waals surface area (Å²) < 4.78 is 0. The Morgan fingerprint density at radius 2 is 1.68 bits per heavy atom. The number of amides is 2. The molecule has 0 aliphatic carbocycles. The van der Waals surface area contributed by atoms with E-state index in [2.05, 4.69) is 23.3 Å². The van der Waals surface area contributed by atoms with Gasteiger partial charge in [0.1, 0.15) is 6.04 Å². The Labute approximate surface area is 227 Å². The second-order valence-electron chi connectivity index (χ2n) is 9.70. The van der Waals surface area contributed by atoms with E-state index in [4.69, 9.17) is 23.2 Å². The predicted octanol–water partition coefficient (Wildman–Crippen LogP) is 4.38. The molecule has 1 atom stereocenters. The van der Waals surface area contributed by atoms with Crippen molar-refractivity contribution in [3.05, 3.63) is 75.3 Å². The molecule has 2 amide bonds. The van der Waals surface area contributed by atoms with Gasteiger partial charge in [-0.1, -0.05) is 59.6 Å². The second-order valence-corrected chi connectivity index (χ2v) is 10.5. The SMILES string of the molecule is CN1CCC(C(=O)N2CC=C(c3ccc(C[C@H](NC(=O)c4c(Cl)cccc4Cl)C(=O)O)cc3)CC2)CC1. The van der Waals surface area contributed by atoms with Gasteiger partial charge in [-0.3, -0.25) is 9.59 Å². The molecule has 37 heavy (non-hydrogen) atoms. The number of benzene rings is 2. The van der Waals surface area contributed by atoms with Crippen molar-refractivity contribution < 1.29 is 19.5 Å². The monoisotopic (exact) mass is 543 g/mol. The summed E-state index contributed by atoms with van der Waals surface area (Å²) in [5, 5.41) is 12.5. The van der Waals surface area contributed by atoms with Crippen molar-refractivity contribution in [2.24, 2.45) is 5.92 Å². The van der Waals surface area contributed by atoms with E-state index in [-0.39, 0.29) is 33.9 Å². The molecular weight excluding hydrogens is 513 g/mol. The van der Waals surface area contributed by atoms with Gasteiger partial charge in [0.05, 0.1) is 15.6 Å². The van der Waals surface area contributed by atoms with Crippen LogP contribution in [0.25, 0.3) is 5.57 Å². The molecule has 0 spiro atoms. The van der Waals surface area contributed by atoms with Crippen LogP contribution in [0.3, 0.4) is 0 Å². The minimum atomic E-state index is -1.15. The van der Waals surface area contributed by atoms with Crippen LogP contribution in [0, 0.1) is 5.92 Å². The third kappa shape index (κ3) is 6.72. The fourth-order valence-electron chi connectivity index (χ4n) is 4.88. The third-order valence-electron chi connectivity index (χ3n) is 7.15. The van der Waals surface area contributed by atoms with Gasteiger partial charge in [-0.2, -0.15) is 0 Å². The van der Waals surface area contributed by atoms with Crippen LogP contribution < -0.4 is 5.32 Å². The van der Waals surface area contributed by atoms with Gasteiger partial charge in [-0.25, -0.2) is 4.79 Å². The number of carbonyl (C=O) groups is 3. The van der Waals surface area contributed by atoms with Crippen molar-refractivity contribution in [3.8, 4) is 0 Å². The number of likely N-dealkylation sites (tertiary alicyclic amines) is 1. The molecule has 7 nitrogen and oxygen atoms in total. The lowest BCUT2D eigenvalue weighted by Gasteiger charge is -2.34. The highest BCUT2D eigenvalue weighted by Crippen LogP contribution is 2.27. The molecule has 1 fully saturated rings. The van der Waals surface area contributed by atoms with Gasteiger partial charge in [0.15, 0.2) is 0 Å². The molecule has 0 bridgehead atoms. The number of hydrogen-bond acceptors (Lipinski definition) is 4. The number of carboxylic acid groups (broad SMARTS) is 1. The van der Waals surface area contributed by atoms with Crippen molar-refractivity contribution >= 4 is 46.6 Å². The van der Waals surface area contributed by atoms with E-state index < -0.39 is 17.9 Å². The first-order chi connectivity index (χ1) is 17.7. The summed E-state index contributed by atoms with van der Waals surface area (Å²) in [6.07, 6.45) is 4.85. The number of aliphatic carboxylic acids is 1. The van der Waals surface area contributed by atoms with E-state index in [1.165, 1.54) is 17.7 Å². The first kappa shape index (κ1) is 27.2. The zero-order valence-electron chi connectivity index (χ0n) is 20.8. The maximum absolute atomic E-state index is 12.9. The second kappa shape index (κ2) is 12.1. The zero-order valence-corrected chi connectivity index (χ0v) is 22.3. The van der Waals surface area contributed by atoms with Crippen molar-refractivity contribution in [2.45, 2.75) is 31.7 Å². The van der Waals surface area contributed by atoms with Gasteiger partial charge >= 0.3 is 5.97 Å². The van der Waals surface area contributed by atoms with E-state index in [1.807, 2.05) is 29.2 Å². The fraction of sp³-hybridized carbons (Fsp3) is 0.393. The number of piperidine rings is 1. The van der Waals surface area contributed by atoms with Gasteiger partial charge in [0, 0.05) is 25.4 Å². The number of hydrogen-bond donors (Lipinski definition) is 2. The van der Waals surface area contributed by atoms with E-state index in [1.54, 1.807) is 6.07 Å². The minimum absolute atomic E-state index is 0.0556. The number of rotatable bonds is 7. The number of halogens is 2. The minimum Gasteiger partial charge on any atom is -0.480 e. The van der Waals surface area contributed by atoms with Crippen LogP contribution in [0.4, 0.5) is 0 Å². The molecule has 2 N–H and O–H groups in total. The van der Waals surface area contributed by atoms with Crippen LogP contribution in [-0.2, 0) is 16.0 Å². The lowest BCUT2D eigenvalue weighted by atomic mass is 9.93. The summed E-state index contributed by atoms with van der Waals surface area (Å²) in [5.41, 5.74) is 3.06. The summed E-state index contributed by atoms with van der Waals surface area (Å²) in [7, 11) is 2.09. The highest BCUT2D eigenvalue weighted by atomic mass is 35.5. The Balaban J connectivity index is 1.36. The van der Waals surface area contributed by atoms with Crippen molar-refractivity contribution in [1.82, 2.24) is 15.1 Å². The van der Waals surface area contributed by atoms with Crippen LogP contribution in [0.1, 0.15) is 40.7 Å². The quantitative estimate of drug-likeness (QED) is 0.540. The molecule has 4 rings (SSSR count). The predicted molar refractivity (Wildman–Crippen MR) is 145 cm³/mol. The van der Waals surface area contributed by atoms with Crippen LogP contribution in [0.15, 0.2) is 48.5 Å². The summed E-state index contributed by atoms with van der Waals surface area (Å²) >= 11 is 12.2. The topological polar surface area (TPSA) is 90.0 Å². The fourth-order valence-corrected chi connectivity index (χ4v) is 5.45. The Hall–Kier alpha value is -2.87. The van der Waals surface area contributed by atoms with E-state index in [0.29, 0.717) is 13.1 Å². The van der Waals surface area contributed by atoms with Gasteiger partial charge < -0.3 is 20.2 Å². The Kier molecular flexibility index (Phi) is 8.90. The molecule has 2 aliphatic rings. The van der Waals surface area contributed by atoms with Crippen LogP contribution in [0.2, 0.25) is 10.0 Å². The van der Waals surface area contributed by atoms with Gasteiger partial charge in [0.2, 0.25) is 5.91 Å². The highest BCUT2D eigenvalue weighted by Gasteiger charge is 2.28. The normalized spacial score (nSPS) is 17.7. The smallest absolute Gasteiger partial charge is 0.326 e. The number of carboxylic acids is 1. The lowest BCUT2D eigenvalue weighted by molar-refractivity contribution is -0.139. The van der Waals surface area contributed by atoms with Crippen molar-refractivity contribution in [3.63, 3.8) is 0 Å². The first-order valence-corrected chi connectivity index (χ1v) is 13.2. The maximum Gasteiger partial charge on any atom is 0.326 e. The molecule has 0 unspecified atom stereocenters. The van der Waals surface area contributed by atoms with Crippen LogP contribution in [-0.4, -0.2) is 72.0 Å². The molecular formula is C28H31Cl2N3O4. The van der Waals surface area contributed by atoms with E-state index in [9.17, 15) is 19.5 Å². The Morgan fingerprint density at radius 1 is 1.03 bits per heavy atom. The molecule has 196 valence electrons. The van der Waals surface area contributed by atoms with Gasteiger partial charge in [0.25, 0.3) is 5.91 Å². The number of nitrogens with one attached hydrogen (secondary N) is 1. The lowest BCUT2D eigenvalue weighted by Crippen LogP contribution is -2.43. The first-order valence-electron chi connectivity index (χ1n) is 12.5. The van der Waals surface area contributed by atoms with Gasteiger partial charge in [-0.15, -0.1) is 0 Å². The molecule has 2 aromatic rings. The average molecular weight is 544 g/mol. The maximum atomic E-state index is 12.9. The summed E-state index contributed by atoms with van der Waals surface area (Å²) in [6, 6.07) is 11.2. The van der Waals surface area contributed by atoms with Gasteiger partial charge in [-0.05, 0) is 68.2 Å².